The number of hydrogen-bond donors (Lipinski definition) is 1. The van der Waals surface area contributed by atoms with Crippen LogP contribution >= 0.6 is 0 Å². The fraction of sp³-hybridized carbons (Fsp3) is 0.143. The van der Waals surface area contributed by atoms with Crippen molar-refractivity contribution in [1.82, 2.24) is 0 Å². The molecule has 0 aliphatic carbocycles. The maximum absolute atomic E-state index is 11.3. The van der Waals surface area contributed by atoms with Crippen LogP contribution in [0.5, 0.6) is 5.75 Å². The summed E-state index contributed by atoms with van der Waals surface area (Å²) in [7, 11) is 0. The van der Waals surface area contributed by atoms with E-state index in [1.807, 2.05) is 0 Å². The second-order valence-electron chi connectivity index (χ2n) is 3.87. The molecule has 1 rings (SSSR count). The Morgan fingerprint density at radius 2 is 1.78 bits per heavy atom. The van der Waals surface area contributed by atoms with Gasteiger partial charge in [0.1, 0.15) is 5.75 Å². The standard InChI is InChI=1S/C14H14O4/c1-9(2)14(17)18-12-6-4-11(5-7-12)8-10(3)13(15)16/h4-8H,1H2,2-3H3,(H,15,16). The van der Waals surface area contributed by atoms with Gasteiger partial charge >= 0.3 is 11.9 Å². The molecule has 0 amide bonds. The van der Waals surface area contributed by atoms with Gasteiger partial charge in [-0.05, 0) is 37.6 Å². The zero-order valence-electron chi connectivity index (χ0n) is 10.3. The topological polar surface area (TPSA) is 63.6 Å². The summed E-state index contributed by atoms with van der Waals surface area (Å²) in [4.78, 5) is 21.9. The highest BCUT2D eigenvalue weighted by molar-refractivity contribution is 5.91. The van der Waals surface area contributed by atoms with E-state index in [2.05, 4.69) is 6.58 Å². The Kier molecular flexibility index (Phi) is 4.43. The third kappa shape index (κ3) is 3.90. The van der Waals surface area contributed by atoms with E-state index in [1.54, 1.807) is 31.2 Å². The molecule has 1 aromatic carbocycles. The van der Waals surface area contributed by atoms with Gasteiger partial charge in [-0.2, -0.15) is 0 Å². The van der Waals surface area contributed by atoms with Gasteiger partial charge in [0.15, 0.2) is 0 Å². The van der Waals surface area contributed by atoms with Crippen LogP contribution < -0.4 is 4.74 Å². The van der Waals surface area contributed by atoms with Crippen molar-refractivity contribution in [2.24, 2.45) is 0 Å². The van der Waals surface area contributed by atoms with Crippen LogP contribution in [0.2, 0.25) is 0 Å². The summed E-state index contributed by atoms with van der Waals surface area (Å²) >= 11 is 0. The zero-order chi connectivity index (χ0) is 13.7. The number of hydrogen-bond acceptors (Lipinski definition) is 3. The average Bonchev–Trinajstić information content (AvgIpc) is 2.31. The molecule has 4 nitrogen and oxygen atoms in total. The molecule has 0 bridgehead atoms. The third-order valence-corrected chi connectivity index (χ3v) is 2.16. The summed E-state index contributed by atoms with van der Waals surface area (Å²) in [5, 5.41) is 8.73. The molecule has 0 fully saturated rings. The number of carbonyl (C=O) groups is 2. The molecule has 0 heterocycles. The van der Waals surface area contributed by atoms with E-state index >= 15 is 0 Å². The Bertz CT molecular complexity index is 509. The number of carboxylic acid groups (broad SMARTS) is 1. The van der Waals surface area contributed by atoms with Gasteiger partial charge in [0, 0.05) is 11.1 Å². The van der Waals surface area contributed by atoms with Crippen LogP contribution in [0.25, 0.3) is 6.08 Å². The SMILES string of the molecule is C=C(C)C(=O)Oc1ccc(C=C(C)C(=O)O)cc1. The highest BCUT2D eigenvalue weighted by Gasteiger charge is 2.05. The molecule has 0 aliphatic rings. The smallest absolute Gasteiger partial charge is 0.338 e. The Labute approximate surface area is 105 Å². The van der Waals surface area contributed by atoms with Crippen LogP contribution in [0, 0.1) is 0 Å². The van der Waals surface area contributed by atoms with Gasteiger partial charge in [-0.15, -0.1) is 0 Å². The summed E-state index contributed by atoms with van der Waals surface area (Å²) in [6, 6.07) is 6.55. The average molecular weight is 246 g/mol. The van der Waals surface area contributed by atoms with Crippen LogP contribution in [0.3, 0.4) is 0 Å². The van der Waals surface area contributed by atoms with E-state index < -0.39 is 11.9 Å². The van der Waals surface area contributed by atoms with Gasteiger partial charge in [-0.3, -0.25) is 0 Å². The largest absolute Gasteiger partial charge is 0.478 e. The minimum atomic E-state index is -0.965. The van der Waals surface area contributed by atoms with Crippen molar-refractivity contribution in [3.63, 3.8) is 0 Å². The number of carbonyl (C=O) groups excluding carboxylic acids is 1. The van der Waals surface area contributed by atoms with Crippen LogP contribution in [0.1, 0.15) is 19.4 Å². The molecule has 18 heavy (non-hydrogen) atoms. The second-order valence-corrected chi connectivity index (χ2v) is 3.87. The fourth-order valence-electron chi connectivity index (χ4n) is 1.14. The molecule has 0 spiro atoms. The zero-order valence-corrected chi connectivity index (χ0v) is 10.3. The molecular formula is C14H14O4. The van der Waals surface area contributed by atoms with Crippen LogP contribution in [0.15, 0.2) is 42.0 Å². The normalized spacial score (nSPS) is 10.9. The molecule has 0 aliphatic heterocycles. The molecule has 0 aromatic heterocycles. The van der Waals surface area contributed by atoms with Crippen molar-refractivity contribution >= 4 is 18.0 Å². The highest BCUT2D eigenvalue weighted by atomic mass is 16.5. The second kappa shape index (κ2) is 5.82. The molecule has 4 heteroatoms. The Morgan fingerprint density at radius 1 is 1.22 bits per heavy atom. The molecule has 94 valence electrons. The van der Waals surface area contributed by atoms with Gasteiger partial charge < -0.3 is 9.84 Å². The molecule has 1 N–H and O–H groups in total. The number of carboxylic acids is 1. The summed E-state index contributed by atoms with van der Waals surface area (Å²) < 4.78 is 5.01. The Balaban J connectivity index is 2.81. The van der Waals surface area contributed by atoms with Crippen LogP contribution in [-0.2, 0) is 9.59 Å². The molecular weight excluding hydrogens is 232 g/mol. The summed E-state index contributed by atoms with van der Waals surface area (Å²) in [5.74, 6) is -1.05. The van der Waals surface area contributed by atoms with Gasteiger partial charge in [-0.1, -0.05) is 18.7 Å². The number of rotatable bonds is 4. The predicted octanol–water partition coefficient (Wildman–Crippen LogP) is 2.66. The number of esters is 1. The van der Waals surface area contributed by atoms with Crippen molar-refractivity contribution < 1.29 is 19.4 Å². The van der Waals surface area contributed by atoms with Crippen LogP contribution in [-0.4, -0.2) is 17.0 Å². The number of aliphatic carboxylic acids is 1. The Hall–Kier alpha value is -2.36. The Morgan fingerprint density at radius 3 is 2.22 bits per heavy atom. The molecule has 0 unspecified atom stereocenters. The molecule has 0 saturated heterocycles. The minimum absolute atomic E-state index is 0.238. The molecule has 0 saturated carbocycles. The molecule has 0 atom stereocenters. The van der Waals surface area contributed by atoms with E-state index in [4.69, 9.17) is 9.84 Å². The van der Waals surface area contributed by atoms with E-state index in [0.29, 0.717) is 11.3 Å². The molecule has 0 radical (unpaired) electrons. The van der Waals surface area contributed by atoms with Crippen LogP contribution in [0.4, 0.5) is 0 Å². The van der Waals surface area contributed by atoms with Gasteiger partial charge in [-0.25, -0.2) is 9.59 Å². The monoisotopic (exact) mass is 246 g/mol. The van der Waals surface area contributed by atoms with Gasteiger partial charge in [0.2, 0.25) is 0 Å². The first kappa shape index (κ1) is 13.7. The van der Waals surface area contributed by atoms with E-state index in [1.165, 1.54) is 13.0 Å². The maximum atomic E-state index is 11.3. The van der Waals surface area contributed by atoms with E-state index in [9.17, 15) is 9.59 Å². The van der Waals surface area contributed by atoms with Crippen molar-refractivity contribution in [1.29, 1.82) is 0 Å². The maximum Gasteiger partial charge on any atom is 0.338 e. The lowest BCUT2D eigenvalue weighted by Gasteiger charge is -2.03. The van der Waals surface area contributed by atoms with Gasteiger partial charge in [0.05, 0.1) is 0 Å². The minimum Gasteiger partial charge on any atom is -0.478 e. The fourth-order valence-corrected chi connectivity index (χ4v) is 1.14. The van der Waals surface area contributed by atoms with E-state index in [0.717, 1.165) is 5.56 Å². The third-order valence-electron chi connectivity index (χ3n) is 2.16. The first-order valence-corrected chi connectivity index (χ1v) is 5.29. The van der Waals surface area contributed by atoms with E-state index in [-0.39, 0.29) is 5.57 Å². The summed E-state index contributed by atoms with van der Waals surface area (Å²) in [5.41, 5.74) is 1.28. The quantitative estimate of drug-likeness (QED) is 0.504. The lowest BCUT2D eigenvalue weighted by Crippen LogP contribution is -2.07. The lowest BCUT2D eigenvalue weighted by molar-refractivity contribution is -0.132. The number of ether oxygens (including phenoxy) is 1. The lowest BCUT2D eigenvalue weighted by atomic mass is 10.1. The first-order valence-electron chi connectivity index (χ1n) is 5.29. The summed E-state index contributed by atoms with van der Waals surface area (Å²) in [6.45, 7) is 6.55. The first-order chi connectivity index (χ1) is 8.40. The predicted molar refractivity (Wildman–Crippen MR) is 68.2 cm³/mol. The van der Waals surface area contributed by atoms with Crippen molar-refractivity contribution in [2.45, 2.75) is 13.8 Å². The van der Waals surface area contributed by atoms with Crippen molar-refractivity contribution in [3.8, 4) is 5.75 Å². The summed E-state index contributed by atoms with van der Waals surface area (Å²) in [6.07, 6.45) is 1.53. The van der Waals surface area contributed by atoms with Gasteiger partial charge in [0.25, 0.3) is 0 Å². The van der Waals surface area contributed by atoms with Crippen molar-refractivity contribution in [2.75, 3.05) is 0 Å². The van der Waals surface area contributed by atoms with Crippen molar-refractivity contribution in [3.05, 3.63) is 47.6 Å². The highest BCUT2D eigenvalue weighted by Crippen LogP contribution is 2.15. The number of benzene rings is 1. The molecule has 1 aromatic rings.